The molecule has 0 aromatic carbocycles. The number of nitrogens with one attached hydrogen (secondary N) is 1. The first-order valence-corrected chi connectivity index (χ1v) is 5.36. The zero-order valence-corrected chi connectivity index (χ0v) is 8.86. The van der Waals surface area contributed by atoms with Crippen molar-refractivity contribution in [1.82, 2.24) is 10.2 Å². The monoisotopic (exact) mass is 212 g/mol. The van der Waals surface area contributed by atoms with Crippen LogP contribution < -0.4 is 5.32 Å². The standard InChI is InChI=1S/C10H16N2O3/c1-7-2-3-8(15-7)6-12-9(13)4-11-5-10(12)14/h7-8,11H,2-6H2,1H3. The molecule has 0 radical (unpaired) electrons. The molecule has 0 saturated carbocycles. The third kappa shape index (κ3) is 2.35. The Morgan fingerprint density at radius 1 is 1.33 bits per heavy atom. The highest BCUT2D eigenvalue weighted by Gasteiger charge is 2.31. The van der Waals surface area contributed by atoms with Crippen molar-refractivity contribution < 1.29 is 14.3 Å². The van der Waals surface area contributed by atoms with Crippen LogP contribution in [0.25, 0.3) is 0 Å². The maximum absolute atomic E-state index is 11.5. The summed E-state index contributed by atoms with van der Waals surface area (Å²) in [6.45, 7) is 2.95. The van der Waals surface area contributed by atoms with Gasteiger partial charge in [-0.25, -0.2) is 0 Å². The van der Waals surface area contributed by atoms with Crippen LogP contribution in [0.5, 0.6) is 0 Å². The fraction of sp³-hybridized carbons (Fsp3) is 0.800. The summed E-state index contributed by atoms with van der Waals surface area (Å²) >= 11 is 0. The molecule has 84 valence electrons. The molecular formula is C10H16N2O3. The number of ether oxygens (including phenoxy) is 1. The van der Waals surface area contributed by atoms with Gasteiger partial charge in [0.2, 0.25) is 11.8 Å². The van der Waals surface area contributed by atoms with Crippen molar-refractivity contribution in [3.05, 3.63) is 0 Å². The van der Waals surface area contributed by atoms with Gasteiger partial charge >= 0.3 is 0 Å². The second-order valence-electron chi connectivity index (χ2n) is 4.15. The number of nitrogens with zero attached hydrogens (tertiary/aromatic N) is 1. The van der Waals surface area contributed by atoms with Crippen LogP contribution in [0.15, 0.2) is 0 Å². The molecule has 2 rings (SSSR count). The maximum Gasteiger partial charge on any atom is 0.243 e. The first kappa shape index (κ1) is 10.6. The highest BCUT2D eigenvalue weighted by atomic mass is 16.5. The van der Waals surface area contributed by atoms with E-state index in [0.717, 1.165) is 12.8 Å². The predicted octanol–water partition coefficient (Wildman–Crippen LogP) is -0.488. The highest BCUT2D eigenvalue weighted by molar-refractivity contribution is 5.99. The van der Waals surface area contributed by atoms with Gasteiger partial charge in [-0.15, -0.1) is 0 Å². The van der Waals surface area contributed by atoms with Crippen LogP contribution >= 0.6 is 0 Å². The highest BCUT2D eigenvalue weighted by Crippen LogP contribution is 2.20. The molecule has 2 atom stereocenters. The van der Waals surface area contributed by atoms with E-state index in [0.29, 0.717) is 6.54 Å². The van der Waals surface area contributed by atoms with Crippen molar-refractivity contribution in [2.45, 2.75) is 32.0 Å². The van der Waals surface area contributed by atoms with Crippen molar-refractivity contribution in [3.8, 4) is 0 Å². The summed E-state index contributed by atoms with van der Waals surface area (Å²) < 4.78 is 5.59. The molecule has 15 heavy (non-hydrogen) atoms. The third-order valence-electron chi connectivity index (χ3n) is 2.86. The van der Waals surface area contributed by atoms with Gasteiger partial charge in [-0.05, 0) is 19.8 Å². The molecule has 2 unspecified atom stereocenters. The number of piperazine rings is 1. The minimum Gasteiger partial charge on any atom is -0.373 e. The van der Waals surface area contributed by atoms with E-state index in [1.165, 1.54) is 4.90 Å². The van der Waals surface area contributed by atoms with E-state index in [1.54, 1.807) is 0 Å². The molecule has 5 heteroatoms. The molecule has 2 aliphatic rings. The molecule has 5 nitrogen and oxygen atoms in total. The van der Waals surface area contributed by atoms with Crippen LogP contribution in [0.3, 0.4) is 0 Å². The normalized spacial score (nSPS) is 32.5. The van der Waals surface area contributed by atoms with E-state index in [9.17, 15) is 9.59 Å². The number of hydrogen-bond acceptors (Lipinski definition) is 4. The van der Waals surface area contributed by atoms with Gasteiger partial charge in [-0.3, -0.25) is 19.8 Å². The summed E-state index contributed by atoms with van der Waals surface area (Å²) in [6, 6.07) is 0. The Morgan fingerprint density at radius 2 is 2.00 bits per heavy atom. The summed E-state index contributed by atoms with van der Waals surface area (Å²) in [5.41, 5.74) is 0. The number of amides is 2. The van der Waals surface area contributed by atoms with Crippen LogP contribution in [-0.4, -0.2) is 48.6 Å². The topological polar surface area (TPSA) is 58.6 Å². The molecule has 0 aromatic heterocycles. The maximum atomic E-state index is 11.5. The SMILES string of the molecule is CC1CCC(CN2C(=O)CNCC2=O)O1. The van der Waals surface area contributed by atoms with E-state index in [2.05, 4.69) is 5.32 Å². The molecule has 2 aliphatic heterocycles. The van der Waals surface area contributed by atoms with Crippen molar-refractivity contribution in [1.29, 1.82) is 0 Å². The number of carbonyl (C=O) groups excluding carboxylic acids is 2. The second-order valence-corrected chi connectivity index (χ2v) is 4.15. The average Bonchev–Trinajstić information content (AvgIpc) is 2.58. The summed E-state index contributed by atoms with van der Waals surface area (Å²) in [6.07, 6.45) is 2.24. The smallest absolute Gasteiger partial charge is 0.243 e. The molecule has 2 heterocycles. The lowest BCUT2D eigenvalue weighted by Gasteiger charge is -2.27. The molecule has 2 amide bonds. The number of rotatable bonds is 2. The second kappa shape index (κ2) is 4.28. The van der Waals surface area contributed by atoms with Crippen LogP contribution in [-0.2, 0) is 14.3 Å². The van der Waals surface area contributed by atoms with Gasteiger partial charge in [-0.2, -0.15) is 0 Å². The molecular weight excluding hydrogens is 196 g/mol. The van der Waals surface area contributed by atoms with Gasteiger partial charge in [0, 0.05) is 0 Å². The van der Waals surface area contributed by atoms with E-state index < -0.39 is 0 Å². The average molecular weight is 212 g/mol. The van der Waals surface area contributed by atoms with Gasteiger partial charge < -0.3 is 4.74 Å². The first-order chi connectivity index (χ1) is 7.16. The lowest BCUT2D eigenvalue weighted by Crippen LogP contribution is -2.54. The van der Waals surface area contributed by atoms with Crippen molar-refractivity contribution in [2.75, 3.05) is 19.6 Å². The largest absolute Gasteiger partial charge is 0.373 e. The van der Waals surface area contributed by atoms with E-state index in [-0.39, 0.29) is 37.1 Å². The minimum atomic E-state index is -0.144. The van der Waals surface area contributed by atoms with E-state index in [4.69, 9.17) is 4.74 Å². The molecule has 0 aliphatic carbocycles. The molecule has 0 aromatic rings. The van der Waals surface area contributed by atoms with Gasteiger partial charge in [-0.1, -0.05) is 0 Å². The summed E-state index contributed by atoms with van der Waals surface area (Å²) in [7, 11) is 0. The van der Waals surface area contributed by atoms with Crippen molar-refractivity contribution >= 4 is 11.8 Å². The van der Waals surface area contributed by atoms with Gasteiger partial charge in [0.05, 0.1) is 31.8 Å². The number of hydrogen-bond donors (Lipinski definition) is 1. The Balaban J connectivity index is 1.92. The Bertz CT molecular complexity index is 264. The minimum absolute atomic E-state index is 0.0333. The summed E-state index contributed by atoms with van der Waals surface area (Å²) in [5, 5.41) is 2.77. The zero-order chi connectivity index (χ0) is 10.8. The van der Waals surface area contributed by atoms with Crippen LogP contribution in [0.1, 0.15) is 19.8 Å². The summed E-state index contributed by atoms with van der Waals surface area (Å²) in [5.74, 6) is -0.288. The predicted molar refractivity (Wildman–Crippen MR) is 53.2 cm³/mol. The molecule has 0 spiro atoms. The Labute approximate surface area is 88.8 Å². The number of imide groups is 1. The van der Waals surface area contributed by atoms with Crippen LogP contribution in [0, 0.1) is 0 Å². The first-order valence-electron chi connectivity index (χ1n) is 5.36. The van der Waals surface area contributed by atoms with Gasteiger partial charge in [0.15, 0.2) is 0 Å². The Morgan fingerprint density at radius 3 is 2.53 bits per heavy atom. The molecule has 0 bridgehead atoms. The lowest BCUT2D eigenvalue weighted by atomic mass is 10.2. The van der Waals surface area contributed by atoms with E-state index >= 15 is 0 Å². The van der Waals surface area contributed by atoms with Crippen LogP contribution in [0.2, 0.25) is 0 Å². The fourth-order valence-corrected chi connectivity index (χ4v) is 2.03. The van der Waals surface area contributed by atoms with Crippen molar-refractivity contribution in [2.24, 2.45) is 0 Å². The fourth-order valence-electron chi connectivity index (χ4n) is 2.03. The lowest BCUT2D eigenvalue weighted by molar-refractivity contribution is -0.148. The number of carbonyl (C=O) groups is 2. The molecule has 2 fully saturated rings. The van der Waals surface area contributed by atoms with E-state index in [1.807, 2.05) is 6.92 Å². The van der Waals surface area contributed by atoms with Crippen LogP contribution in [0.4, 0.5) is 0 Å². The Kier molecular flexibility index (Phi) is 3.02. The summed E-state index contributed by atoms with van der Waals surface area (Å²) in [4.78, 5) is 24.2. The molecule has 1 N–H and O–H groups in total. The van der Waals surface area contributed by atoms with Gasteiger partial charge in [0.1, 0.15) is 0 Å². The zero-order valence-electron chi connectivity index (χ0n) is 8.86. The Hall–Kier alpha value is -0.940. The third-order valence-corrected chi connectivity index (χ3v) is 2.86. The quantitative estimate of drug-likeness (QED) is 0.628. The van der Waals surface area contributed by atoms with Gasteiger partial charge in [0.25, 0.3) is 0 Å². The van der Waals surface area contributed by atoms with Crippen molar-refractivity contribution in [3.63, 3.8) is 0 Å². The molecule has 2 saturated heterocycles.